The number of hydrogen-bond donors (Lipinski definition) is 2. The molecule has 2 rings (SSSR count). The highest BCUT2D eigenvalue weighted by molar-refractivity contribution is 9.10. The fourth-order valence-electron chi connectivity index (χ4n) is 2.27. The van der Waals surface area contributed by atoms with Gasteiger partial charge in [0.1, 0.15) is 5.69 Å². The summed E-state index contributed by atoms with van der Waals surface area (Å²) in [5, 5.41) is 12.7. The lowest BCUT2D eigenvalue weighted by atomic mass is 9.92. The normalized spacial score (nSPS) is 24.6. The van der Waals surface area contributed by atoms with Gasteiger partial charge >= 0.3 is 0 Å². The number of rotatable bonds is 2. The van der Waals surface area contributed by atoms with Gasteiger partial charge in [0.15, 0.2) is 0 Å². The van der Waals surface area contributed by atoms with Crippen LogP contribution in [0.3, 0.4) is 0 Å². The van der Waals surface area contributed by atoms with E-state index < -0.39 is 6.10 Å². The maximum atomic E-state index is 12.0. The van der Waals surface area contributed by atoms with Crippen LogP contribution in [0.4, 0.5) is 0 Å². The van der Waals surface area contributed by atoms with Crippen LogP contribution in [0.25, 0.3) is 0 Å². The Bertz CT molecular complexity index is 417. The molecule has 1 aromatic rings. The summed E-state index contributed by atoms with van der Waals surface area (Å²) in [6.07, 6.45) is 5.19. The van der Waals surface area contributed by atoms with Gasteiger partial charge in [-0.05, 0) is 34.8 Å². The number of aryl methyl sites for hydroxylation is 1. The van der Waals surface area contributed by atoms with Crippen molar-refractivity contribution in [1.29, 1.82) is 0 Å². The molecule has 1 aliphatic rings. The second-order valence-corrected chi connectivity index (χ2v) is 5.50. The van der Waals surface area contributed by atoms with Crippen molar-refractivity contribution in [3.8, 4) is 0 Å². The fraction of sp³-hybridized carbons (Fsp3) is 0.583. The Morgan fingerprint density at radius 1 is 1.53 bits per heavy atom. The van der Waals surface area contributed by atoms with Gasteiger partial charge in [0.05, 0.1) is 12.1 Å². The van der Waals surface area contributed by atoms with Crippen molar-refractivity contribution in [2.75, 3.05) is 0 Å². The number of carbonyl (C=O) groups is 1. The van der Waals surface area contributed by atoms with Gasteiger partial charge in [-0.2, -0.15) is 0 Å². The Labute approximate surface area is 109 Å². The van der Waals surface area contributed by atoms with E-state index in [0.29, 0.717) is 5.69 Å². The molecule has 0 aliphatic heterocycles. The molecule has 1 heterocycles. The lowest BCUT2D eigenvalue weighted by Crippen LogP contribution is -2.45. The summed E-state index contributed by atoms with van der Waals surface area (Å²) >= 11 is 3.34. The van der Waals surface area contributed by atoms with Crippen LogP contribution in [0.2, 0.25) is 0 Å². The first-order chi connectivity index (χ1) is 8.08. The Hall–Kier alpha value is -0.810. The van der Waals surface area contributed by atoms with Crippen LogP contribution in [-0.4, -0.2) is 27.7 Å². The minimum atomic E-state index is -0.406. The molecule has 94 valence electrons. The maximum absolute atomic E-state index is 12.0. The second-order valence-electron chi connectivity index (χ2n) is 4.59. The molecule has 1 aliphatic carbocycles. The smallest absolute Gasteiger partial charge is 0.268 e. The molecule has 1 aromatic heterocycles. The van der Waals surface area contributed by atoms with Gasteiger partial charge in [0.25, 0.3) is 5.91 Å². The molecule has 1 fully saturated rings. The molecule has 0 radical (unpaired) electrons. The quantitative estimate of drug-likeness (QED) is 0.875. The molecule has 0 spiro atoms. The van der Waals surface area contributed by atoms with E-state index in [4.69, 9.17) is 0 Å². The van der Waals surface area contributed by atoms with E-state index in [1.807, 2.05) is 13.2 Å². The predicted molar refractivity (Wildman–Crippen MR) is 68.8 cm³/mol. The van der Waals surface area contributed by atoms with Gasteiger partial charge in [-0.3, -0.25) is 4.79 Å². The number of carbonyl (C=O) groups excluding carboxylic acids is 1. The summed E-state index contributed by atoms with van der Waals surface area (Å²) in [5.74, 6) is -0.121. The molecule has 0 bridgehead atoms. The van der Waals surface area contributed by atoms with Crippen molar-refractivity contribution in [3.05, 3.63) is 22.4 Å². The number of nitrogens with zero attached hydrogens (tertiary/aromatic N) is 1. The van der Waals surface area contributed by atoms with Gasteiger partial charge in [-0.1, -0.05) is 12.8 Å². The van der Waals surface area contributed by atoms with Crippen LogP contribution in [0.15, 0.2) is 16.7 Å². The number of nitrogens with one attached hydrogen (secondary N) is 1. The van der Waals surface area contributed by atoms with Gasteiger partial charge in [-0.15, -0.1) is 0 Å². The first-order valence-corrected chi connectivity index (χ1v) is 6.68. The first kappa shape index (κ1) is 12.6. The molecular weight excluding hydrogens is 284 g/mol. The van der Waals surface area contributed by atoms with Crippen molar-refractivity contribution in [1.82, 2.24) is 9.88 Å². The molecule has 0 saturated heterocycles. The Kier molecular flexibility index (Phi) is 3.89. The van der Waals surface area contributed by atoms with Gasteiger partial charge in [0, 0.05) is 17.7 Å². The SMILES string of the molecule is Cn1cc(Br)cc1C(=O)N[C@@H]1CCCC[C@H]1O. The largest absolute Gasteiger partial charge is 0.391 e. The number of aliphatic hydroxyl groups is 1. The Morgan fingerprint density at radius 3 is 2.82 bits per heavy atom. The minimum Gasteiger partial charge on any atom is -0.391 e. The predicted octanol–water partition coefficient (Wildman–Crippen LogP) is 1.82. The topological polar surface area (TPSA) is 54.3 Å². The number of halogens is 1. The monoisotopic (exact) mass is 300 g/mol. The minimum absolute atomic E-state index is 0.107. The summed E-state index contributed by atoms with van der Waals surface area (Å²) in [6, 6.07) is 1.68. The van der Waals surface area contributed by atoms with Gasteiger partial charge in [0.2, 0.25) is 0 Å². The highest BCUT2D eigenvalue weighted by Crippen LogP contribution is 2.19. The molecule has 0 aromatic carbocycles. The van der Waals surface area contributed by atoms with Crippen LogP contribution >= 0.6 is 15.9 Å². The van der Waals surface area contributed by atoms with Crippen molar-refractivity contribution in [2.24, 2.45) is 7.05 Å². The molecule has 2 atom stereocenters. The van der Waals surface area contributed by atoms with E-state index in [9.17, 15) is 9.90 Å². The third-order valence-electron chi connectivity index (χ3n) is 3.25. The summed E-state index contributed by atoms with van der Waals surface area (Å²) in [4.78, 5) is 12.0. The highest BCUT2D eigenvalue weighted by Gasteiger charge is 2.25. The summed E-state index contributed by atoms with van der Waals surface area (Å²) < 4.78 is 2.66. The molecule has 1 amide bonds. The van der Waals surface area contributed by atoms with Gasteiger partial charge < -0.3 is 15.0 Å². The van der Waals surface area contributed by atoms with Gasteiger partial charge in [-0.25, -0.2) is 0 Å². The maximum Gasteiger partial charge on any atom is 0.268 e. The van der Waals surface area contributed by atoms with E-state index in [1.54, 1.807) is 10.6 Å². The molecule has 1 saturated carbocycles. The highest BCUT2D eigenvalue weighted by atomic mass is 79.9. The average Bonchev–Trinajstić information content (AvgIpc) is 2.61. The third-order valence-corrected chi connectivity index (χ3v) is 3.68. The Morgan fingerprint density at radius 2 is 2.24 bits per heavy atom. The summed E-state index contributed by atoms with van der Waals surface area (Å²) in [5.41, 5.74) is 0.606. The van der Waals surface area contributed by atoms with Crippen LogP contribution in [0, 0.1) is 0 Å². The number of aliphatic hydroxyl groups excluding tert-OH is 1. The van der Waals surface area contributed by atoms with E-state index in [2.05, 4.69) is 21.2 Å². The van der Waals surface area contributed by atoms with Crippen LogP contribution in [-0.2, 0) is 7.05 Å². The van der Waals surface area contributed by atoms with Crippen molar-refractivity contribution in [2.45, 2.75) is 37.8 Å². The summed E-state index contributed by atoms with van der Waals surface area (Å²) in [7, 11) is 1.83. The molecule has 0 unspecified atom stereocenters. The zero-order valence-electron chi connectivity index (χ0n) is 9.82. The third kappa shape index (κ3) is 2.90. The molecular formula is C12H17BrN2O2. The Balaban J connectivity index is 2.03. The zero-order chi connectivity index (χ0) is 12.4. The van der Waals surface area contributed by atoms with E-state index in [0.717, 1.165) is 30.2 Å². The van der Waals surface area contributed by atoms with E-state index >= 15 is 0 Å². The summed E-state index contributed by atoms with van der Waals surface area (Å²) in [6.45, 7) is 0. The number of hydrogen-bond acceptors (Lipinski definition) is 2. The number of aromatic nitrogens is 1. The van der Waals surface area contributed by atoms with Crippen molar-refractivity contribution in [3.63, 3.8) is 0 Å². The fourth-order valence-corrected chi connectivity index (χ4v) is 2.80. The first-order valence-electron chi connectivity index (χ1n) is 5.88. The molecule has 5 heteroatoms. The molecule has 4 nitrogen and oxygen atoms in total. The standard InChI is InChI=1S/C12H17BrN2O2/c1-15-7-8(13)6-10(15)12(17)14-9-4-2-3-5-11(9)16/h6-7,9,11,16H,2-5H2,1H3,(H,14,17)/t9-,11-/m1/s1. The molecule has 17 heavy (non-hydrogen) atoms. The lowest BCUT2D eigenvalue weighted by molar-refractivity contribution is 0.0711. The lowest BCUT2D eigenvalue weighted by Gasteiger charge is -2.28. The van der Waals surface area contributed by atoms with E-state index in [-0.39, 0.29) is 11.9 Å². The van der Waals surface area contributed by atoms with Crippen LogP contribution in [0.5, 0.6) is 0 Å². The average molecular weight is 301 g/mol. The zero-order valence-corrected chi connectivity index (χ0v) is 11.4. The van der Waals surface area contributed by atoms with E-state index in [1.165, 1.54) is 0 Å². The van der Waals surface area contributed by atoms with Crippen LogP contribution in [0.1, 0.15) is 36.2 Å². The van der Waals surface area contributed by atoms with Crippen LogP contribution < -0.4 is 5.32 Å². The number of amides is 1. The van der Waals surface area contributed by atoms with Crippen molar-refractivity contribution >= 4 is 21.8 Å². The van der Waals surface area contributed by atoms with Crippen molar-refractivity contribution < 1.29 is 9.90 Å². The molecule has 2 N–H and O–H groups in total. The second kappa shape index (κ2) is 5.23.